The van der Waals surface area contributed by atoms with Gasteiger partial charge in [0.15, 0.2) is 0 Å². The topological polar surface area (TPSA) is 50.4 Å². The van der Waals surface area contributed by atoms with Crippen LogP contribution < -0.4 is 0 Å². The molecule has 1 heterocycles. The van der Waals surface area contributed by atoms with Crippen LogP contribution >= 0.6 is 0 Å². The number of benzene rings is 1. The van der Waals surface area contributed by atoms with Crippen LogP contribution in [0.1, 0.15) is 5.56 Å². The zero-order valence-corrected chi connectivity index (χ0v) is 8.46. The Morgan fingerprint density at radius 2 is 1.88 bits per heavy atom. The van der Waals surface area contributed by atoms with Crippen LogP contribution in [-0.4, -0.2) is 11.1 Å². The molecule has 80 valence electrons. The summed E-state index contributed by atoms with van der Waals surface area (Å²) in [6.45, 7) is 0. The van der Waals surface area contributed by atoms with E-state index in [0.29, 0.717) is 0 Å². The van der Waals surface area contributed by atoms with E-state index in [4.69, 9.17) is 9.52 Å². The molecule has 1 aromatic heterocycles. The molecule has 0 amide bonds. The summed E-state index contributed by atoms with van der Waals surface area (Å²) in [5.74, 6) is -0.945. The van der Waals surface area contributed by atoms with Gasteiger partial charge in [0.05, 0.1) is 12.5 Å². The van der Waals surface area contributed by atoms with Gasteiger partial charge in [-0.1, -0.05) is 24.3 Å². The highest BCUT2D eigenvalue weighted by molar-refractivity contribution is 5.85. The molecule has 1 aromatic carbocycles. The minimum atomic E-state index is -0.945. The summed E-state index contributed by atoms with van der Waals surface area (Å²) in [4.78, 5) is 10.3. The molecule has 0 bridgehead atoms. The standard InChI is InChI=1S/C13H10O3/c14-13(15)6-3-10-1-4-11(5-2-10)12-7-8-16-9-12/h1-9H,(H,14,15). The molecule has 0 aliphatic rings. The Bertz CT molecular complexity index is 492. The highest BCUT2D eigenvalue weighted by atomic mass is 16.4. The number of carbonyl (C=O) groups is 1. The van der Waals surface area contributed by atoms with E-state index in [0.717, 1.165) is 22.8 Å². The van der Waals surface area contributed by atoms with Crippen molar-refractivity contribution in [3.63, 3.8) is 0 Å². The number of furan rings is 1. The Kier molecular flexibility index (Phi) is 2.87. The van der Waals surface area contributed by atoms with Crippen LogP contribution in [0.15, 0.2) is 53.4 Å². The maximum absolute atomic E-state index is 10.3. The quantitative estimate of drug-likeness (QED) is 0.799. The zero-order valence-electron chi connectivity index (χ0n) is 8.46. The van der Waals surface area contributed by atoms with Gasteiger partial charge >= 0.3 is 5.97 Å². The largest absolute Gasteiger partial charge is 0.478 e. The molecule has 0 saturated carbocycles. The molecule has 0 spiro atoms. The third kappa shape index (κ3) is 2.39. The Hall–Kier alpha value is -2.29. The van der Waals surface area contributed by atoms with Gasteiger partial charge in [-0.25, -0.2) is 4.79 Å². The summed E-state index contributed by atoms with van der Waals surface area (Å²) in [7, 11) is 0. The van der Waals surface area contributed by atoms with Crippen LogP contribution in [0.3, 0.4) is 0 Å². The summed E-state index contributed by atoms with van der Waals surface area (Å²) in [6, 6.07) is 9.45. The number of aliphatic carboxylic acids is 1. The predicted molar refractivity (Wildman–Crippen MR) is 60.8 cm³/mol. The fraction of sp³-hybridized carbons (Fsp3) is 0. The molecule has 16 heavy (non-hydrogen) atoms. The van der Waals surface area contributed by atoms with Gasteiger partial charge in [0.2, 0.25) is 0 Å². The summed E-state index contributed by atoms with van der Waals surface area (Å²) < 4.78 is 4.99. The lowest BCUT2D eigenvalue weighted by Crippen LogP contribution is -1.85. The van der Waals surface area contributed by atoms with Crippen LogP contribution in [0.5, 0.6) is 0 Å². The second-order valence-corrected chi connectivity index (χ2v) is 3.31. The Balaban J connectivity index is 2.20. The van der Waals surface area contributed by atoms with Crippen LogP contribution in [0.2, 0.25) is 0 Å². The fourth-order valence-corrected chi connectivity index (χ4v) is 1.38. The van der Waals surface area contributed by atoms with Crippen LogP contribution in [0.25, 0.3) is 17.2 Å². The average Bonchev–Trinajstić information content (AvgIpc) is 2.80. The van der Waals surface area contributed by atoms with E-state index in [9.17, 15) is 4.79 Å². The van der Waals surface area contributed by atoms with Crippen molar-refractivity contribution in [2.45, 2.75) is 0 Å². The molecule has 3 nitrogen and oxygen atoms in total. The van der Waals surface area contributed by atoms with Crippen LogP contribution in [-0.2, 0) is 4.79 Å². The number of carboxylic acid groups (broad SMARTS) is 1. The summed E-state index contributed by atoms with van der Waals surface area (Å²) in [5, 5.41) is 8.48. The first kappa shape index (κ1) is 10.2. The van der Waals surface area contributed by atoms with Crippen molar-refractivity contribution in [1.29, 1.82) is 0 Å². The van der Waals surface area contributed by atoms with Crippen molar-refractivity contribution in [2.24, 2.45) is 0 Å². The zero-order chi connectivity index (χ0) is 11.4. The van der Waals surface area contributed by atoms with Crippen molar-refractivity contribution in [1.82, 2.24) is 0 Å². The van der Waals surface area contributed by atoms with Gasteiger partial charge in [-0.15, -0.1) is 0 Å². The van der Waals surface area contributed by atoms with E-state index in [2.05, 4.69) is 0 Å². The average molecular weight is 214 g/mol. The minimum Gasteiger partial charge on any atom is -0.478 e. The first-order valence-electron chi connectivity index (χ1n) is 4.79. The monoisotopic (exact) mass is 214 g/mol. The Labute approximate surface area is 92.6 Å². The molecule has 1 N–H and O–H groups in total. The third-order valence-corrected chi connectivity index (χ3v) is 2.18. The SMILES string of the molecule is O=C(O)C=Cc1ccc(-c2ccoc2)cc1. The molecule has 3 heteroatoms. The van der Waals surface area contributed by atoms with E-state index in [1.807, 2.05) is 30.3 Å². The maximum Gasteiger partial charge on any atom is 0.328 e. The second kappa shape index (κ2) is 4.49. The van der Waals surface area contributed by atoms with Crippen molar-refractivity contribution in [3.05, 3.63) is 54.5 Å². The summed E-state index contributed by atoms with van der Waals surface area (Å²) in [6.07, 6.45) is 5.96. The molecule has 0 radical (unpaired) electrons. The number of rotatable bonds is 3. The second-order valence-electron chi connectivity index (χ2n) is 3.31. The molecule has 2 aromatic rings. The van der Waals surface area contributed by atoms with E-state index >= 15 is 0 Å². The van der Waals surface area contributed by atoms with Crippen molar-refractivity contribution in [2.75, 3.05) is 0 Å². The predicted octanol–water partition coefficient (Wildman–Crippen LogP) is 3.04. The van der Waals surface area contributed by atoms with Gasteiger partial charge in [0.1, 0.15) is 0 Å². The highest BCUT2D eigenvalue weighted by Gasteiger charge is 1.97. The Morgan fingerprint density at radius 3 is 2.44 bits per heavy atom. The molecule has 0 unspecified atom stereocenters. The molecule has 0 saturated heterocycles. The number of carboxylic acids is 1. The fourth-order valence-electron chi connectivity index (χ4n) is 1.38. The van der Waals surface area contributed by atoms with Crippen LogP contribution in [0.4, 0.5) is 0 Å². The molecule has 0 aliphatic carbocycles. The van der Waals surface area contributed by atoms with Gasteiger partial charge < -0.3 is 9.52 Å². The number of hydrogen-bond acceptors (Lipinski definition) is 2. The van der Waals surface area contributed by atoms with E-state index in [-0.39, 0.29) is 0 Å². The maximum atomic E-state index is 10.3. The number of hydrogen-bond donors (Lipinski definition) is 1. The first-order chi connectivity index (χ1) is 7.75. The van der Waals surface area contributed by atoms with E-state index in [1.54, 1.807) is 18.6 Å². The molecule has 0 atom stereocenters. The van der Waals surface area contributed by atoms with E-state index < -0.39 is 5.97 Å². The lowest BCUT2D eigenvalue weighted by molar-refractivity contribution is -0.131. The summed E-state index contributed by atoms with van der Waals surface area (Å²) in [5.41, 5.74) is 2.91. The smallest absolute Gasteiger partial charge is 0.328 e. The van der Waals surface area contributed by atoms with Crippen molar-refractivity contribution < 1.29 is 14.3 Å². The van der Waals surface area contributed by atoms with Gasteiger partial charge in [-0.2, -0.15) is 0 Å². The van der Waals surface area contributed by atoms with Crippen molar-refractivity contribution in [3.8, 4) is 11.1 Å². The lowest BCUT2D eigenvalue weighted by Gasteiger charge is -1.97. The molecule has 2 rings (SSSR count). The highest BCUT2D eigenvalue weighted by Crippen LogP contribution is 2.20. The Morgan fingerprint density at radius 1 is 1.12 bits per heavy atom. The first-order valence-corrected chi connectivity index (χ1v) is 4.79. The van der Waals surface area contributed by atoms with Gasteiger partial charge in [-0.05, 0) is 23.3 Å². The summed E-state index contributed by atoms with van der Waals surface area (Å²) >= 11 is 0. The molecule has 0 aliphatic heterocycles. The van der Waals surface area contributed by atoms with Crippen LogP contribution in [0, 0.1) is 0 Å². The van der Waals surface area contributed by atoms with E-state index in [1.165, 1.54) is 0 Å². The normalized spacial score (nSPS) is 10.8. The van der Waals surface area contributed by atoms with Gasteiger partial charge in [0.25, 0.3) is 0 Å². The van der Waals surface area contributed by atoms with Gasteiger partial charge in [0, 0.05) is 11.6 Å². The molecular weight excluding hydrogens is 204 g/mol. The minimum absolute atomic E-state index is 0.856. The molecular formula is C13H10O3. The van der Waals surface area contributed by atoms with Crippen molar-refractivity contribution >= 4 is 12.0 Å². The molecule has 0 fully saturated rings. The third-order valence-electron chi connectivity index (χ3n) is 2.18. The lowest BCUT2D eigenvalue weighted by atomic mass is 10.1. The van der Waals surface area contributed by atoms with Gasteiger partial charge in [-0.3, -0.25) is 0 Å².